The van der Waals surface area contributed by atoms with Gasteiger partial charge in [-0.1, -0.05) is 41.9 Å². The molecule has 1 aliphatic rings. The highest BCUT2D eigenvalue weighted by molar-refractivity contribution is 6.30. The summed E-state index contributed by atoms with van der Waals surface area (Å²) in [5.74, 6) is 1.67. The lowest BCUT2D eigenvalue weighted by Crippen LogP contribution is -2.50. The number of halogens is 2. The van der Waals surface area contributed by atoms with E-state index in [2.05, 4.69) is 4.90 Å². The number of hydrogen-bond acceptors (Lipinski definition) is 6. The molecule has 0 N–H and O–H groups in total. The fraction of sp³-hybridized carbons (Fsp3) is 0.226. The molecule has 2 aromatic heterocycles. The number of nitrogens with zero attached hydrogens (tertiary/aromatic N) is 6. The fourth-order valence-electron chi connectivity index (χ4n) is 4.99. The Morgan fingerprint density at radius 3 is 2.34 bits per heavy atom. The Labute approximate surface area is 242 Å². The summed E-state index contributed by atoms with van der Waals surface area (Å²) >= 11 is 5.93. The lowest BCUT2D eigenvalue weighted by atomic mass is 10.1. The van der Waals surface area contributed by atoms with Gasteiger partial charge in [-0.15, -0.1) is 0 Å². The van der Waals surface area contributed by atoms with Crippen molar-refractivity contribution in [1.82, 2.24) is 24.6 Å². The molecule has 0 saturated carbocycles. The summed E-state index contributed by atoms with van der Waals surface area (Å²) in [5, 5.41) is 6.23. The smallest absolute Gasteiger partial charge is 0.260 e. The topological polar surface area (TPSA) is 76.4 Å². The molecular weight excluding hydrogens is 543 g/mol. The van der Waals surface area contributed by atoms with Crippen molar-refractivity contribution in [1.29, 1.82) is 0 Å². The van der Waals surface area contributed by atoms with Gasteiger partial charge in [0.2, 0.25) is 0 Å². The summed E-state index contributed by atoms with van der Waals surface area (Å²) in [6.45, 7) is 4.17. The Balaban J connectivity index is 1.26. The van der Waals surface area contributed by atoms with Crippen LogP contribution >= 0.6 is 11.6 Å². The quantitative estimate of drug-likeness (QED) is 0.267. The van der Waals surface area contributed by atoms with Gasteiger partial charge in [0, 0.05) is 37.6 Å². The second kappa shape index (κ2) is 11.5. The van der Waals surface area contributed by atoms with Crippen LogP contribution in [0, 0.1) is 12.7 Å². The number of benzene rings is 3. The minimum atomic E-state index is -0.312. The maximum atomic E-state index is 13.7. The highest BCUT2D eigenvalue weighted by Gasteiger charge is 2.26. The predicted octanol–water partition coefficient (Wildman–Crippen LogP) is 5.23. The van der Waals surface area contributed by atoms with Gasteiger partial charge in [-0.2, -0.15) is 5.10 Å². The first kappa shape index (κ1) is 26.7. The number of piperazine rings is 1. The number of rotatable bonds is 7. The Bertz CT molecular complexity index is 1670. The summed E-state index contributed by atoms with van der Waals surface area (Å²) < 4.78 is 21.1. The summed E-state index contributed by atoms with van der Waals surface area (Å²) in [6, 6.07) is 23.2. The van der Waals surface area contributed by atoms with Gasteiger partial charge in [0.05, 0.1) is 16.8 Å². The van der Waals surface area contributed by atoms with E-state index in [9.17, 15) is 9.18 Å². The average molecular weight is 571 g/mol. The molecule has 0 unspecified atom stereocenters. The molecule has 1 fully saturated rings. The van der Waals surface area contributed by atoms with E-state index in [4.69, 9.17) is 31.4 Å². The van der Waals surface area contributed by atoms with Crippen molar-refractivity contribution in [2.75, 3.05) is 37.7 Å². The van der Waals surface area contributed by atoms with Crippen LogP contribution in [0.1, 0.15) is 17.1 Å². The molecule has 1 aliphatic heterocycles. The maximum Gasteiger partial charge on any atom is 0.260 e. The van der Waals surface area contributed by atoms with Crippen molar-refractivity contribution < 1.29 is 13.9 Å². The molecule has 3 aromatic carbocycles. The molecule has 0 spiro atoms. The molecule has 208 valence electrons. The number of amides is 1. The van der Waals surface area contributed by atoms with E-state index in [1.165, 1.54) is 12.1 Å². The lowest BCUT2D eigenvalue weighted by Gasteiger charge is -2.35. The molecule has 0 aliphatic carbocycles. The lowest BCUT2D eigenvalue weighted by molar-refractivity contribution is -0.133. The molecule has 8 nitrogen and oxygen atoms in total. The SMILES string of the molecule is Cc1nn(-c2ccc(F)cc2)c2nc(Cc3ccccc3)nc(N3CCN(C(=O)COc4ccc(Cl)cc4)CC3)c12. The largest absolute Gasteiger partial charge is 0.484 e. The number of carbonyl (C=O) groups is 1. The normalized spacial score (nSPS) is 13.5. The Morgan fingerprint density at radius 1 is 0.927 bits per heavy atom. The average Bonchev–Trinajstić information content (AvgIpc) is 3.33. The zero-order valence-corrected chi connectivity index (χ0v) is 23.3. The van der Waals surface area contributed by atoms with E-state index in [-0.39, 0.29) is 18.3 Å². The highest BCUT2D eigenvalue weighted by Crippen LogP contribution is 2.30. The van der Waals surface area contributed by atoms with Crippen molar-refractivity contribution >= 4 is 34.4 Å². The Morgan fingerprint density at radius 2 is 1.63 bits per heavy atom. The summed E-state index contributed by atoms with van der Waals surface area (Å²) in [4.78, 5) is 26.8. The first-order valence-corrected chi connectivity index (χ1v) is 13.8. The molecule has 1 saturated heterocycles. The van der Waals surface area contributed by atoms with Gasteiger partial charge in [-0.05, 0) is 61.0 Å². The highest BCUT2D eigenvalue weighted by atomic mass is 35.5. The van der Waals surface area contributed by atoms with E-state index in [0.717, 1.165) is 28.1 Å². The third kappa shape index (κ3) is 5.85. The minimum absolute atomic E-state index is 0.0375. The minimum Gasteiger partial charge on any atom is -0.484 e. The van der Waals surface area contributed by atoms with Crippen LogP contribution < -0.4 is 9.64 Å². The van der Waals surface area contributed by atoms with Crippen LogP contribution in [0.4, 0.5) is 10.2 Å². The number of hydrogen-bond donors (Lipinski definition) is 0. The van der Waals surface area contributed by atoms with E-state index < -0.39 is 0 Å². The summed E-state index contributed by atoms with van der Waals surface area (Å²) in [6.07, 6.45) is 0.553. The van der Waals surface area contributed by atoms with Crippen LogP contribution in [0.5, 0.6) is 5.75 Å². The number of aryl methyl sites for hydroxylation is 1. The van der Waals surface area contributed by atoms with Crippen LogP contribution in [-0.4, -0.2) is 63.3 Å². The fourth-order valence-corrected chi connectivity index (χ4v) is 5.11. The van der Waals surface area contributed by atoms with Crippen molar-refractivity contribution in [2.45, 2.75) is 13.3 Å². The zero-order chi connectivity index (χ0) is 28.3. The van der Waals surface area contributed by atoms with Gasteiger partial charge in [0.15, 0.2) is 12.3 Å². The Hall–Kier alpha value is -4.50. The van der Waals surface area contributed by atoms with Gasteiger partial charge < -0.3 is 14.5 Å². The Kier molecular flexibility index (Phi) is 7.52. The first-order valence-electron chi connectivity index (χ1n) is 13.4. The molecule has 0 bridgehead atoms. The number of carbonyl (C=O) groups excluding carboxylic acids is 1. The van der Waals surface area contributed by atoms with Crippen LogP contribution in [-0.2, 0) is 11.2 Å². The standard InChI is InChI=1S/C31H28ClFN6O2/c1-21-29-30(38-17-15-37(16-18-38)28(40)20-41-26-13-7-23(32)8-14-26)34-27(19-22-5-3-2-4-6-22)35-31(29)39(36-21)25-11-9-24(33)10-12-25/h2-14H,15-20H2,1H3. The second-order valence-corrected chi connectivity index (χ2v) is 10.3. The van der Waals surface area contributed by atoms with Crippen LogP contribution in [0.3, 0.4) is 0 Å². The molecular formula is C31H28ClFN6O2. The van der Waals surface area contributed by atoms with Crippen molar-refractivity contribution in [3.8, 4) is 11.4 Å². The molecule has 6 rings (SSSR count). The van der Waals surface area contributed by atoms with Crippen molar-refractivity contribution in [3.05, 3.63) is 107 Å². The van der Waals surface area contributed by atoms with E-state index in [1.54, 1.807) is 41.1 Å². The molecule has 3 heterocycles. The maximum absolute atomic E-state index is 13.7. The van der Waals surface area contributed by atoms with E-state index >= 15 is 0 Å². The van der Waals surface area contributed by atoms with Crippen molar-refractivity contribution in [3.63, 3.8) is 0 Å². The van der Waals surface area contributed by atoms with Crippen LogP contribution in [0.15, 0.2) is 78.9 Å². The molecule has 1 amide bonds. The first-order chi connectivity index (χ1) is 19.9. The third-order valence-corrected chi connectivity index (χ3v) is 7.37. The van der Waals surface area contributed by atoms with Gasteiger partial charge in [-0.3, -0.25) is 4.79 Å². The summed E-state index contributed by atoms with van der Waals surface area (Å²) in [5.41, 5.74) is 3.26. The van der Waals surface area contributed by atoms with E-state index in [0.29, 0.717) is 54.8 Å². The number of ether oxygens (including phenoxy) is 1. The van der Waals surface area contributed by atoms with Crippen LogP contribution in [0.25, 0.3) is 16.7 Å². The zero-order valence-electron chi connectivity index (χ0n) is 22.5. The number of aromatic nitrogens is 4. The molecule has 0 radical (unpaired) electrons. The molecule has 41 heavy (non-hydrogen) atoms. The molecule has 0 atom stereocenters. The molecule has 10 heteroatoms. The summed E-state index contributed by atoms with van der Waals surface area (Å²) in [7, 11) is 0. The van der Waals surface area contributed by atoms with Gasteiger partial charge in [0.1, 0.15) is 23.2 Å². The van der Waals surface area contributed by atoms with Crippen LogP contribution in [0.2, 0.25) is 5.02 Å². The van der Waals surface area contributed by atoms with E-state index in [1.807, 2.05) is 42.2 Å². The molecule has 5 aromatic rings. The predicted molar refractivity (Wildman–Crippen MR) is 156 cm³/mol. The van der Waals surface area contributed by atoms with Crippen molar-refractivity contribution in [2.24, 2.45) is 0 Å². The third-order valence-electron chi connectivity index (χ3n) is 7.11. The monoisotopic (exact) mass is 570 g/mol. The second-order valence-electron chi connectivity index (χ2n) is 9.91. The number of anilines is 1. The van der Waals surface area contributed by atoms with Gasteiger partial charge >= 0.3 is 0 Å². The van der Waals surface area contributed by atoms with Gasteiger partial charge in [-0.25, -0.2) is 19.0 Å². The number of fused-ring (bicyclic) bond motifs is 1. The van der Waals surface area contributed by atoms with Gasteiger partial charge in [0.25, 0.3) is 5.91 Å².